The van der Waals surface area contributed by atoms with Crippen molar-refractivity contribution < 1.29 is 0 Å². The van der Waals surface area contributed by atoms with Crippen molar-refractivity contribution in [1.82, 2.24) is 10.6 Å². The van der Waals surface area contributed by atoms with Gasteiger partial charge in [-0.15, -0.1) is 0 Å². The van der Waals surface area contributed by atoms with Crippen LogP contribution in [0.3, 0.4) is 0 Å². The van der Waals surface area contributed by atoms with Crippen LogP contribution < -0.4 is 15.5 Å². The zero-order chi connectivity index (χ0) is 15.4. The zero-order valence-corrected chi connectivity index (χ0v) is 14.2. The molecule has 122 valence electrons. The predicted octanol–water partition coefficient (Wildman–Crippen LogP) is 2.86. The lowest BCUT2D eigenvalue weighted by Crippen LogP contribution is -2.45. The molecule has 2 fully saturated rings. The Kier molecular flexibility index (Phi) is 5.37. The molecule has 0 radical (unpaired) electrons. The third kappa shape index (κ3) is 4.23. The summed E-state index contributed by atoms with van der Waals surface area (Å²) in [6, 6.07) is 7.63. The van der Waals surface area contributed by atoms with Crippen molar-refractivity contribution in [1.29, 1.82) is 0 Å². The molecule has 0 spiro atoms. The Hall–Kier alpha value is -1.06. The van der Waals surface area contributed by atoms with E-state index < -0.39 is 0 Å². The molecule has 22 heavy (non-hydrogen) atoms. The Labute approximate surface area is 135 Å². The van der Waals surface area contributed by atoms with Crippen molar-refractivity contribution in [2.24, 2.45) is 5.92 Å². The topological polar surface area (TPSA) is 27.3 Å². The molecule has 2 saturated heterocycles. The van der Waals surface area contributed by atoms with E-state index in [0.29, 0.717) is 6.04 Å². The molecule has 1 aromatic carbocycles. The van der Waals surface area contributed by atoms with Gasteiger partial charge in [-0.2, -0.15) is 0 Å². The van der Waals surface area contributed by atoms with Gasteiger partial charge >= 0.3 is 0 Å². The average Bonchev–Trinajstić information content (AvgIpc) is 2.53. The number of piperidine rings is 2. The first-order valence-electron chi connectivity index (χ1n) is 8.98. The predicted molar refractivity (Wildman–Crippen MR) is 94.7 cm³/mol. The summed E-state index contributed by atoms with van der Waals surface area (Å²) in [6.07, 6.45) is 5.28. The Morgan fingerprint density at radius 1 is 1.09 bits per heavy atom. The monoisotopic (exact) mass is 301 g/mol. The van der Waals surface area contributed by atoms with Crippen LogP contribution in [-0.4, -0.2) is 38.8 Å². The van der Waals surface area contributed by atoms with E-state index in [1.54, 1.807) is 0 Å². The van der Waals surface area contributed by atoms with E-state index >= 15 is 0 Å². The quantitative estimate of drug-likeness (QED) is 0.895. The van der Waals surface area contributed by atoms with Crippen LogP contribution in [-0.2, 0) is 0 Å². The first kappa shape index (κ1) is 15.8. The van der Waals surface area contributed by atoms with Crippen LogP contribution in [0.5, 0.6) is 0 Å². The van der Waals surface area contributed by atoms with E-state index in [4.69, 9.17) is 0 Å². The van der Waals surface area contributed by atoms with E-state index in [2.05, 4.69) is 47.6 Å². The molecular weight excluding hydrogens is 270 g/mol. The summed E-state index contributed by atoms with van der Waals surface area (Å²) < 4.78 is 0. The number of nitrogens with one attached hydrogen (secondary N) is 2. The highest BCUT2D eigenvalue weighted by Gasteiger charge is 2.21. The van der Waals surface area contributed by atoms with Gasteiger partial charge in [0.25, 0.3) is 0 Å². The highest BCUT2D eigenvalue weighted by molar-refractivity contribution is 5.51. The van der Waals surface area contributed by atoms with Crippen molar-refractivity contribution >= 4 is 5.69 Å². The fourth-order valence-electron chi connectivity index (χ4n) is 3.91. The maximum atomic E-state index is 3.82. The Balaban J connectivity index is 1.45. The summed E-state index contributed by atoms with van der Waals surface area (Å²) in [7, 11) is 0. The Morgan fingerprint density at radius 2 is 1.82 bits per heavy atom. The molecule has 0 saturated carbocycles. The Bertz CT molecular complexity index is 451. The molecule has 0 aliphatic carbocycles. The highest BCUT2D eigenvalue weighted by Crippen LogP contribution is 2.23. The van der Waals surface area contributed by atoms with Crippen LogP contribution in [0.25, 0.3) is 0 Å². The number of rotatable bonds is 4. The summed E-state index contributed by atoms with van der Waals surface area (Å²) in [5.74, 6) is 0.839. The second kappa shape index (κ2) is 7.47. The lowest BCUT2D eigenvalue weighted by molar-refractivity contribution is 0.324. The molecule has 1 atom stereocenters. The molecule has 3 rings (SSSR count). The molecular formula is C19H31N3. The molecule has 0 bridgehead atoms. The van der Waals surface area contributed by atoms with Gasteiger partial charge in [-0.25, -0.2) is 0 Å². The summed E-state index contributed by atoms with van der Waals surface area (Å²) in [5.41, 5.74) is 4.16. The van der Waals surface area contributed by atoms with Crippen molar-refractivity contribution in [2.45, 2.75) is 45.6 Å². The maximum absolute atomic E-state index is 3.82. The van der Waals surface area contributed by atoms with Crippen molar-refractivity contribution in [2.75, 3.05) is 37.6 Å². The minimum Gasteiger partial charge on any atom is -0.371 e. The van der Waals surface area contributed by atoms with Crippen LogP contribution in [0, 0.1) is 19.8 Å². The second-order valence-electron chi connectivity index (χ2n) is 7.23. The minimum atomic E-state index is 0.712. The van der Waals surface area contributed by atoms with Gasteiger partial charge in [0.2, 0.25) is 0 Å². The largest absolute Gasteiger partial charge is 0.371 e. The van der Waals surface area contributed by atoms with Crippen LogP contribution in [0.15, 0.2) is 18.2 Å². The van der Waals surface area contributed by atoms with Gasteiger partial charge in [-0.3, -0.25) is 0 Å². The number of nitrogens with zero attached hydrogens (tertiary/aromatic N) is 1. The molecule has 2 aliphatic rings. The van der Waals surface area contributed by atoms with Gasteiger partial charge in [0, 0.05) is 24.8 Å². The first-order valence-corrected chi connectivity index (χ1v) is 8.98. The standard InChI is InChI=1S/C19H31N3/c1-15-10-16(2)12-19(11-15)22-8-5-18(6-9-22)21-14-17-4-3-7-20-13-17/h10-12,17-18,20-21H,3-9,13-14H2,1-2H3. The van der Waals surface area contributed by atoms with Gasteiger partial charge < -0.3 is 15.5 Å². The van der Waals surface area contributed by atoms with Gasteiger partial charge in [0.05, 0.1) is 0 Å². The summed E-state index contributed by atoms with van der Waals surface area (Å²) in [5, 5.41) is 7.33. The molecule has 0 aromatic heterocycles. The van der Waals surface area contributed by atoms with E-state index in [1.165, 1.54) is 75.2 Å². The average molecular weight is 301 g/mol. The number of benzene rings is 1. The van der Waals surface area contributed by atoms with Crippen molar-refractivity contribution in [3.63, 3.8) is 0 Å². The second-order valence-corrected chi connectivity index (χ2v) is 7.23. The van der Waals surface area contributed by atoms with E-state index in [9.17, 15) is 0 Å². The first-order chi connectivity index (χ1) is 10.7. The van der Waals surface area contributed by atoms with Crippen LogP contribution in [0.4, 0.5) is 5.69 Å². The number of hydrogen-bond donors (Lipinski definition) is 2. The van der Waals surface area contributed by atoms with Gasteiger partial charge in [-0.1, -0.05) is 6.07 Å². The minimum absolute atomic E-state index is 0.712. The highest BCUT2D eigenvalue weighted by atomic mass is 15.1. The zero-order valence-electron chi connectivity index (χ0n) is 14.2. The van der Waals surface area contributed by atoms with E-state index in [0.717, 1.165) is 5.92 Å². The summed E-state index contributed by atoms with van der Waals surface area (Å²) in [6.45, 7) is 10.4. The van der Waals surface area contributed by atoms with E-state index in [1.807, 2.05) is 0 Å². The SMILES string of the molecule is Cc1cc(C)cc(N2CCC(NCC3CCCNC3)CC2)c1. The van der Waals surface area contributed by atoms with Crippen molar-refractivity contribution in [3.05, 3.63) is 29.3 Å². The number of aryl methyl sites for hydroxylation is 2. The molecule has 2 N–H and O–H groups in total. The fourth-order valence-corrected chi connectivity index (χ4v) is 3.91. The number of anilines is 1. The van der Waals surface area contributed by atoms with Crippen LogP contribution in [0.1, 0.15) is 36.8 Å². The summed E-state index contributed by atoms with van der Waals surface area (Å²) in [4.78, 5) is 2.56. The third-order valence-electron chi connectivity index (χ3n) is 5.16. The maximum Gasteiger partial charge on any atom is 0.0371 e. The van der Waals surface area contributed by atoms with Gasteiger partial charge in [0.1, 0.15) is 0 Å². The lowest BCUT2D eigenvalue weighted by Gasteiger charge is -2.35. The fraction of sp³-hybridized carbons (Fsp3) is 0.684. The van der Waals surface area contributed by atoms with E-state index in [-0.39, 0.29) is 0 Å². The lowest BCUT2D eigenvalue weighted by atomic mass is 9.98. The van der Waals surface area contributed by atoms with Crippen molar-refractivity contribution in [3.8, 4) is 0 Å². The number of hydrogen-bond acceptors (Lipinski definition) is 3. The molecule has 1 aromatic rings. The molecule has 0 amide bonds. The molecule has 1 unspecified atom stereocenters. The smallest absolute Gasteiger partial charge is 0.0371 e. The molecule has 2 heterocycles. The Morgan fingerprint density at radius 3 is 2.45 bits per heavy atom. The third-order valence-corrected chi connectivity index (χ3v) is 5.16. The van der Waals surface area contributed by atoms with Crippen LogP contribution in [0.2, 0.25) is 0 Å². The molecule has 3 nitrogen and oxygen atoms in total. The normalized spacial score (nSPS) is 23.7. The molecule has 3 heteroatoms. The molecule has 2 aliphatic heterocycles. The van der Waals surface area contributed by atoms with Gasteiger partial charge in [-0.05, 0) is 88.3 Å². The van der Waals surface area contributed by atoms with Crippen LogP contribution >= 0.6 is 0 Å². The van der Waals surface area contributed by atoms with Gasteiger partial charge in [0.15, 0.2) is 0 Å². The summed E-state index contributed by atoms with van der Waals surface area (Å²) >= 11 is 0.